The lowest BCUT2D eigenvalue weighted by molar-refractivity contribution is 0.0435. The van der Waals surface area contributed by atoms with Gasteiger partial charge in [-0.1, -0.05) is 0 Å². The number of halogens is 3. The van der Waals surface area contributed by atoms with Crippen LogP contribution in [0.25, 0.3) is 0 Å². The van der Waals surface area contributed by atoms with E-state index in [4.69, 9.17) is 4.74 Å². The molecule has 15 heavy (non-hydrogen) atoms. The van der Waals surface area contributed by atoms with Crippen LogP contribution >= 0.6 is 15.9 Å². The van der Waals surface area contributed by atoms with Gasteiger partial charge >= 0.3 is 0 Å². The lowest BCUT2D eigenvalue weighted by Gasteiger charge is -2.13. The lowest BCUT2D eigenvalue weighted by atomic mass is 10.00. The van der Waals surface area contributed by atoms with Crippen molar-refractivity contribution in [2.45, 2.75) is 12.5 Å². The maximum Gasteiger partial charge on any atom is 0.143 e. The molecule has 1 heterocycles. The molecule has 1 aliphatic heterocycles. The van der Waals surface area contributed by atoms with Crippen LogP contribution in [0.3, 0.4) is 0 Å². The SMILES string of the molecule is OC1COCCc2c(F)cc(Br)c(F)c21. The Kier molecular flexibility index (Phi) is 3.04. The summed E-state index contributed by atoms with van der Waals surface area (Å²) in [7, 11) is 0. The Labute approximate surface area is 94.0 Å². The lowest BCUT2D eigenvalue weighted by Crippen LogP contribution is -2.09. The number of hydrogen-bond acceptors (Lipinski definition) is 2. The minimum atomic E-state index is -1.10. The summed E-state index contributed by atoms with van der Waals surface area (Å²) in [6.45, 7) is 0.294. The van der Waals surface area contributed by atoms with Gasteiger partial charge in [0.15, 0.2) is 0 Å². The van der Waals surface area contributed by atoms with Gasteiger partial charge in [-0.2, -0.15) is 0 Å². The summed E-state index contributed by atoms with van der Waals surface area (Å²) in [5, 5.41) is 9.62. The van der Waals surface area contributed by atoms with E-state index in [0.717, 1.165) is 6.07 Å². The van der Waals surface area contributed by atoms with Gasteiger partial charge in [-0.05, 0) is 34.0 Å². The van der Waals surface area contributed by atoms with Crippen LogP contribution in [0.15, 0.2) is 10.5 Å². The third-order valence-corrected chi connectivity index (χ3v) is 3.00. The highest BCUT2D eigenvalue weighted by molar-refractivity contribution is 9.10. The molecule has 1 unspecified atom stereocenters. The highest BCUT2D eigenvalue weighted by Gasteiger charge is 2.25. The normalized spacial score (nSPS) is 20.9. The molecule has 1 N–H and O–H groups in total. The van der Waals surface area contributed by atoms with Crippen LogP contribution in [0.1, 0.15) is 17.2 Å². The predicted molar refractivity (Wildman–Crippen MR) is 53.5 cm³/mol. The van der Waals surface area contributed by atoms with Crippen LogP contribution in [-0.2, 0) is 11.2 Å². The van der Waals surface area contributed by atoms with E-state index >= 15 is 0 Å². The number of ether oxygens (including phenoxy) is 1. The molecule has 1 atom stereocenters. The monoisotopic (exact) mass is 278 g/mol. The minimum Gasteiger partial charge on any atom is -0.386 e. The largest absolute Gasteiger partial charge is 0.386 e. The van der Waals surface area contributed by atoms with E-state index in [1.807, 2.05) is 0 Å². The van der Waals surface area contributed by atoms with Crippen molar-refractivity contribution in [3.05, 3.63) is 33.3 Å². The Hall–Kier alpha value is -0.520. The zero-order valence-electron chi connectivity index (χ0n) is 7.77. The van der Waals surface area contributed by atoms with E-state index in [1.54, 1.807) is 0 Å². The average Bonchev–Trinajstić information content (AvgIpc) is 2.37. The molecule has 1 aromatic rings. The second-order valence-corrected chi connectivity index (χ2v) is 4.24. The topological polar surface area (TPSA) is 29.5 Å². The van der Waals surface area contributed by atoms with Gasteiger partial charge in [0.25, 0.3) is 0 Å². The molecule has 1 aliphatic rings. The van der Waals surface area contributed by atoms with Gasteiger partial charge in [0.1, 0.15) is 17.7 Å². The van der Waals surface area contributed by atoms with E-state index < -0.39 is 17.7 Å². The summed E-state index contributed by atoms with van der Waals surface area (Å²) >= 11 is 2.91. The second-order valence-electron chi connectivity index (χ2n) is 3.39. The summed E-state index contributed by atoms with van der Waals surface area (Å²) in [6.07, 6.45) is -0.822. The maximum absolute atomic E-state index is 13.7. The maximum atomic E-state index is 13.7. The Morgan fingerprint density at radius 1 is 1.47 bits per heavy atom. The first-order chi connectivity index (χ1) is 7.11. The third kappa shape index (κ3) is 1.91. The fraction of sp³-hybridized carbons (Fsp3) is 0.400. The molecule has 2 rings (SSSR count). The van der Waals surface area contributed by atoms with Crippen molar-refractivity contribution in [3.8, 4) is 0 Å². The molecule has 2 nitrogen and oxygen atoms in total. The molecule has 0 aliphatic carbocycles. The fourth-order valence-electron chi connectivity index (χ4n) is 1.71. The number of benzene rings is 1. The van der Waals surface area contributed by atoms with Crippen molar-refractivity contribution < 1.29 is 18.6 Å². The molecule has 82 valence electrons. The molecule has 0 spiro atoms. The molecule has 0 aromatic heterocycles. The van der Waals surface area contributed by atoms with Crippen molar-refractivity contribution in [3.63, 3.8) is 0 Å². The molecular weight excluding hydrogens is 270 g/mol. The van der Waals surface area contributed by atoms with E-state index in [9.17, 15) is 13.9 Å². The summed E-state index contributed by atoms with van der Waals surface area (Å²) in [5.41, 5.74) is 0.222. The number of aliphatic hydroxyl groups excluding tert-OH is 1. The number of rotatable bonds is 0. The zero-order chi connectivity index (χ0) is 11.0. The summed E-state index contributed by atoms with van der Waals surface area (Å²) in [4.78, 5) is 0. The molecule has 0 saturated heterocycles. The number of fused-ring (bicyclic) bond motifs is 1. The Balaban J connectivity index is 2.63. The van der Waals surface area contributed by atoms with Crippen LogP contribution in [0, 0.1) is 11.6 Å². The zero-order valence-corrected chi connectivity index (χ0v) is 9.35. The first-order valence-corrected chi connectivity index (χ1v) is 5.32. The smallest absolute Gasteiger partial charge is 0.143 e. The first kappa shape index (κ1) is 11.0. The van der Waals surface area contributed by atoms with E-state index in [-0.39, 0.29) is 28.6 Å². The Bertz CT molecular complexity index is 395. The van der Waals surface area contributed by atoms with E-state index in [1.165, 1.54) is 0 Å². The van der Waals surface area contributed by atoms with Gasteiger partial charge in [-0.15, -0.1) is 0 Å². The van der Waals surface area contributed by atoms with Crippen molar-refractivity contribution in [2.24, 2.45) is 0 Å². The summed E-state index contributed by atoms with van der Waals surface area (Å²) in [6, 6.07) is 1.08. The quantitative estimate of drug-likeness (QED) is 0.739. The Morgan fingerprint density at radius 2 is 2.20 bits per heavy atom. The van der Waals surface area contributed by atoms with Gasteiger partial charge in [-0.25, -0.2) is 8.78 Å². The second kappa shape index (κ2) is 4.15. The standard InChI is InChI=1S/C10H9BrF2O2/c11-6-3-7(12)5-1-2-15-4-8(14)9(5)10(6)13/h3,8,14H,1-2,4H2. The van der Waals surface area contributed by atoms with Crippen LogP contribution in [0.5, 0.6) is 0 Å². The van der Waals surface area contributed by atoms with Gasteiger partial charge < -0.3 is 9.84 Å². The predicted octanol–water partition coefficient (Wildman–Crippen LogP) is 2.33. The van der Waals surface area contributed by atoms with E-state index in [2.05, 4.69) is 15.9 Å². The average molecular weight is 279 g/mol. The molecule has 0 fully saturated rings. The van der Waals surface area contributed by atoms with Gasteiger partial charge in [0.05, 0.1) is 17.7 Å². The summed E-state index contributed by atoms with van der Waals surface area (Å²) in [5.74, 6) is -1.12. The van der Waals surface area contributed by atoms with E-state index in [0.29, 0.717) is 6.61 Å². The molecule has 0 amide bonds. The Morgan fingerprint density at radius 3 is 2.93 bits per heavy atom. The van der Waals surface area contributed by atoms with Gasteiger partial charge in [-0.3, -0.25) is 0 Å². The van der Waals surface area contributed by atoms with Crippen molar-refractivity contribution >= 4 is 15.9 Å². The first-order valence-electron chi connectivity index (χ1n) is 4.53. The summed E-state index contributed by atoms with van der Waals surface area (Å²) < 4.78 is 32.2. The van der Waals surface area contributed by atoms with Crippen LogP contribution < -0.4 is 0 Å². The minimum absolute atomic E-state index is 0.000185. The molecule has 5 heteroatoms. The van der Waals surface area contributed by atoms with Crippen LogP contribution in [0.4, 0.5) is 8.78 Å². The molecular formula is C10H9BrF2O2. The van der Waals surface area contributed by atoms with Gasteiger partial charge in [0.2, 0.25) is 0 Å². The van der Waals surface area contributed by atoms with Crippen molar-refractivity contribution in [2.75, 3.05) is 13.2 Å². The van der Waals surface area contributed by atoms with Crippen LogP contribution in [0.2, 0.25) is 0 Å². The molecule has 0 radical (unpaired) electrons. The number of hydrogen-bond donors (Lipinski definition) is 1. The highest BCUT2D eigenvalue weighted by Crippen LogP contribution is 2.31. The highest BCUT2D eigenvalue weighted by atomic mass is 79.9. The molecule has 1 aromatic carbocycles. The third-order valence-electron chi connectivity index (χ3n) is 2.42. The molecule has 0 bridgehead atoms. The van der Waals surface area contributed by atoms with Crippen molar-refractivity contribution in [1.82, 2.24) is 0 Å². The fourth-order valence-corrected chi connectivity index (χ4v) is 2.12. The van der Waals surface area contributed by atoms with Gasteiger partial charge in [0, 0.05) is 5.56 Å². The van der Waals surface area contributed by atoms with Crippen molar-refractivity contribution in [1.29, 1.82) is 0 Å². The number of aliphatic hydroxyl groups is 1. The van der Waals surface area contributed by atoms with Crippen LogP contribution in [-0.4, -0.2) is 18.3 Å². The molecule has 0 saturated carbocycles.